The Labute approximate surface area is 163 Å². The topological polar surface area (TPSA) is 75.7 Å². The molecule has 1 saturated heterocycles. The van der Waals surface area contributed by atoms with Gasteiger partial charge >= 0.3 is 12.0 Å². The average molecular weight is 378 g/mol. The van der Waals surface area contributed by atoms with E-state index in [1.165, 1.54) is 0 Å². The Hall–Kier alpha value is -3.15. The van der Waals surface area contributed by atoms with Crippen molar-refractivity contribution in [3.8, 4) is 5.75 Å². The number of amides is 3. The van der Waals surface area contributed by atoms with Crippen LogP contribution in [0.25, 0.3) is 0 Å². The SMILES string of the molecule is Cc1ccc(C)c(OC(=O)CN2C(=O)NC3(CCc4ccccc43)C2=O)c1C. The van der Waals surface area contributed by atoms with Crippen molar-refractivity contribution in [1.29, 1.82) is 0 Å². The molecule has 1 unspecified atom stereocenters. The Kier molecular flexibility index (Phi) is 4.22. The molecular weight excluding hydrogens is 356 g/mol. The number of benzene rings is 2. The van der Waals surface area contributed by atoms with Gasteiger partial charge in [0.1, 0.15) is 17.8 Å². The lowest BCUT2D eigenvalue weighted by molar-refractivity contribution is -0.141. The van der Waals surface area contributed by atoms with Crippen molar-refractivity contribution in [2.45, 2.75) is 39.2 Å². The number of fused-ring (bicyclic) bond motifs is 2. The van der Waals surface area contributed by atoms with Gasteiger partial charge in [0.05, 0.1) is 0 Å². The third-order valence-electron chi connectivity index (χ3n) is 5.80. The van der Waals surface area contributed by atoms with Gasteiger partial charge in [0.2, 0.25) is 0 Å². The number of urea groups is 1. The van der Waals surface area contributed by atoms with Crippen LogP contribution in [0.15, 0.2) is 36.4 Å². The highest BCUT2D eigenvalue weighted by Crippen LogP contribution is 2.41. The van der Waals surface area contributed by atoms with Gasteiger partial charge < -0.3 is 10.1 Å². The minimum absolute atomic E-state index is 0.392. The zero-order chi connectivity index (χ0) is 20.1. The Bertz CT molecular complexity index is 1010. The van der Waals surface area contributed by atoms with Crippen LogP contribution in [0.2, 0.25) is 0 Å². The van der Waals surface area contributed by atoms with Crippen molar-refractivity contribution in [3.63, 3.8) is 0 Å². The molecule has 1 fully saturated rings. The van der Waals surface area contributed by atoms with Gasteiger partial charge in [-0.2, -0.15) is 0 Å². The minimum atomic E-state index is -1.07. The molecule has 3 amide bonds. The molecule has 6 heteroatoms. The van der Waals surface area contributed by atoms with E-state index in [2.05, 4.69) is 5.32 Å². The van der Waals surface area contributed by atoms with E-state index < -0.39 is 30.0 Å². The summed E-state index contributed by atoms with van der Waals surface area (Å²) in [5.41, 5.74) is 3.50. The van der Waals surface area contributed by atoms with Crippen LogP contribution in [0.5, 0.6) is 5.75 Å². The van der Waals surface area contributed by atoms with Crippen molar-refractivity contribution in [2.75, 3.05) is 6.54 Å². The summed E-state index contributed by atoms with van der Waals surface area (Å²) >= 11 is 0. The molecule has 2 aliphatic rings. The molecule has 1 aliphatic carbocycles. The van der Waals surface area contributed by atoms with Gasteiger partial charge in [-0.05, 0) is 61.4 Å². The molecule has 1 N–H and O–H groups in total. The number of ether oxygens (including phenoxy) is 1. The smallest absolute Gasteiger partial charge is 0.331 e. The first kappa shape index (κ1) is 18.2. The summed E-state index contributed by atoms with van der Waals surface area (Å²) in [4.78, 5) is 39.1. The zero-order valence-corrected chi connectivity index (χ0v) is 16.2. The predicted molar refractivity (Wildman–Crippen MR) is 103 cm³/mol. The van der Waals surface area contributed by atoms with Crippen LogP contribution in [-0.4, -0.2) is 29.4 Å². The molecular formula is C22H22N2O4. The zero-order valence-electron chi connectivity index (χ0n) is 16.2. The lowest BCUT2D eigenvalue weighted by Gasteiger charge is -2.22. The molecule has 1 heterocycles. The number of hydrogen-bond donors (Lipinski definition) is 1. The van der Waals surface area contributed by atoms with Gasteiger partial charge in [-0.3, -0.25) is 9.69 Å². The molecule has 1 atom stereocenters. The minimum Gasteiger partial charge on any atom is -0.425 e. The summed E-state index contributed by atoms with van der Waals surface area (Å²) in [5.74, 6) is -0.543. The largest absolute Gasteiger partial charge is 0.425 e. The first-order valence-electron chi connectivity index (χ1n) is 9.33. The van der Waals surface area contributed by atoms with Gasteiger partial charge in [0, 0.05) is 0 Å². The van der Waals surface area contributed by atoms with E-state index in [4.69, 9.17) is 4.74 Å². The maximum atomic E-state index is 13.1. The van der Waals surface area contributed by atoms with E-state index in [9.17, 15) is 14.4 Å². The van der Waals surface area contributed by atoms with Gasteiger partial charge in [-0.1, -0.05) is 36.4 Å². The van der Waals surface area contributed by atoms with Gasteiger partial charge in [-0.15, -0.1) is 0 Å². The second-order valence-corrected chi connectivity index (χ2v) is 7.51. The molecule has 1 spiro atoms. The molecule has 6 nitrogen and oxygen atoms in total. The Morgan fingerprint density at radius 2 is 1.82 bits per heavy atom. The first-order chi connectivity index (χ1) is 13.3. The fourth-order valence-electron chi connectivity index (χ4n) is 4.09. The third kappa shape index (κ3) is 2.68. The molecule has 2 aromatic rings. The van der Waals surface area contributed by atoms with Crippen molar-refractivity contribution in [2.24, 2.45) is 0 Å². The first-order valence-corrected chi connectivity index (χ1v) is 9.33. The Morgan fingerprint density at radius 1 is 1.11 bits per heavy atom. The number of hydrogen-bond acceptors (Lipinski definition) is 4. The van der Waals surface area contributed by atoms with Gasteiger partial charge in [-0.25, -0.2) is 9.59 Å². The number of imide groups is 1. The maximum absolute atomic E-state index is 13.1. The highest BCUT2D eigenvalue weighted by Gasteiger charge is 2.55. The number of nitrogens with one attached hydrogen (secondary N) is 1. The fourth-order valence-corrected chi connectivity index (χ4v) is 4.09. The van der Waals surface area contributed by atoms with E-state index in [0.29, 0.717) is 18.6 Å². The van der Waals surface area contributed by atoms with E-state index in [-0.39, 0.29) is 0 Å². The molecule has 0 saturated carbocycles. The summed E-state index contributed by atoms with van der Waals surface area (Å²) in [6.45, 7) is 5.25. The Morgan fingerprint density at radius 3 is 2.61 bits per heavy atom. The summed E-state index contributed by atoms with van der Waals surface area (Å²) in [7, 11) is 0. The maximum Gasteiger partial charge on any atom is 0.331 e. The second kappa shape index (κ2) is 6.48. The molecule has 0 aromatic heterocycles. The van der Waals surface area contributed by atoms with E-state index in [1.807, 2.05) is 57.2 Å². The second-order valence-electron chi connectivity index (χ2n) is 7.51. The van der Waals surface area contributed by atoms with E-state index in [1.54, 1.807) is 0 Å². The van der Waals surface area contributed by atoms with Crippen molar-refractivity contribution in [1.82, 2.24) is 10.2 Å². The third-order valence-corrected chi connectivity index (χ3v) is 5.80. The van der Waals surface area contributed by atoms with E-state index in [0.717, 1.165) is 32.7 Å². The van der Waals surface area contributed by atoms with Crippen LogP contribution in [0, 0.1) is 20.8 Å². The van der Waals surface area contributed by atoms with Crippen molar-refractivity contribution >= 4 is 17.9 Å². The van der Waals surface area contributed by atoms with Gasteiger partial charge in [0.25, 0.3) is 5.91 Å². The highest BCUT2D eigenvalue weighted by atomic mass is 16.5. The quantitative estimate of drug-likeness (QED) is 0.506. The predicted octanol–water partition coefficient (Wildman–Crippen LogP) is 2.91. The lowest BCUT2D eigenvalue weighted by Crippen LogP contribution is -2.42. The number of carbonyl (C=O) groups excluding carboxylic acids is 3. The number of nitrogens with zero attached hydrogens (tertiary/aromatic N) is 1. The number of rotatable bonds is 3. The summed E-state index contributed by atoms with van der Waals surface area (Å²) in [5, 5.41) is 2.82. The van der Waals surface area contributed by atoms with Crippen LogP contribution in [0.1, 0.15) is 34.2 Å². The summed E-state index contributed by atoms with van der Waals surface area (Å²) < 4.78 is 5.52. The highest BCUT2D eigenvalue weighted by molar-refractivity contribution is 6.09. The van der Waals surface area contributed by atoms with Crippen LogP contribution in [0.4, 0.5) is 4.79 Å². The average Bonchev–Trinajstić information content (AvgIpc) is 3.16. The molecule has 4 rings (SSSR count). The van der Waals surface area contributed by atoms with Crippen molar-refractivity contribution < 1.29 is 19.1 Å². The van der Waals surface area contributed by atoms with Gasteiger partial charge in [0.15, 0.2) is 0 Å². The number of esters is 1. The molecule has 0 bridgehead atoms. The lowest BCUT2D eigenvalue weighted by atomic mass is 9.92. The van der Waals surface area contributed by atoms with Crippen LogP contribution >= 0.6 is 0 Å². The fraction of sp³-hybridized carbons (Fsp3) is 0.318. The molecule has 144 valence electrons. The monoisotopic (exact) mass is 378 g/mol. The Balaban J connectivity index is 1.55. The molecule has 0 radical (unpaired) electrons. The molecule has 2 aromatic carbocycles. The van der Waals surface area contributed by atoms with E-state index >= 15 is 0 Å². The molecule has 1 aliphatic heterocycles. The van der Waals surface area contributed by atoms with Crippen molar-refractivity contribution in [3.05, 3.63) is 64.2 Å². The summed E-state index contributed by atoms with van der Waals surface area (Å²) in [6.07, 6.45) is 1.21. The molecule has 28 heavy (non-hydrogen) atoms. The number of carbonyl (C=O) groups is 3. The number of aryl methyl sites for hydroxylation is 3. The van der Waals surface area contributed by atoms with Crippen LogP contribution in [-0.2, 0) is 21.5 Å². The van der Waals surface area contributed by atoms with Crippen LogP contribution in [0.3, 0.4) is 0 Å². The van der Waals surface area contributed by atoms with Crippen LogP contribution < -0.4 is 10.1 Å². The normalized spacial score (nSPS) is 20.5. The summed E-state index contributed by atoms with van der Waals surface area (Å²) in [6, 6.07) is 10.9. The standard InChI is InChI=1S/C22H22N2O4/c1-13-8-9-14(2)19(15(13)3)28-18(25)12-24-20(26)22(23-21(24)27)11-10-16-6-4-5-7-17(16)22/h4-9H,10-12H2,1-3H3,(H,23,27).